The third-order valence-electron chi connectivity index (χ3n) is 4.59. The maximum atomic E-state index is 6.33. The van der Waals surface area contributed by atoms with Gasteiger partial charge < -0.3 is 10.2 Å². The number of likely N-dealkylation sites (N-methyl/N-ethyl adjacent to an activating group) is 1. The van der Waals surface area contributed by atoms with Gasteiger partial charge >= 0.3 is 0 Å². The van der Waals surface area contributed by atoms with Crippen molar-refractivity contribution in [3.8, 4) is 0 Å². The molecule has 0 radical (unpaired) electrons. The van der Waals surface area contributed by atoms with Crippen molar-refractivity contribution in [1.82, 2.24) is 4.90 Å². The number of hydrogen-bond acceptors (Lipinski definition) is 3. The number of furan rings is 1. The van der Waals surface area contributed by atoms with Crippen LogP contribution in [0.1, 0.15) is 56.1 Å². The average Bonchev–Trinajstić information content (AvgIpc) is 2.92. The van der Waals surface area contributed by atoms with E-state index in [-0.39, 0.29) is 12.1 Å². The first kappa shape index (κ1) is 12.2. The Balaban J connectivity index is 1.80. The van der Waals surface area contributed by atoms with Gasteiger partial charge in [0.15, 0.2) is 0 Å². The van der Waals surface area contributed by atoms with Crippen LogP contribution < -0.4 is 5.73 Å². The summed E-state index contributed by atoms with van der Waals surface area (Å²) in [5, 5.41) is 0. The lowest BCUT2D eigenvalue weighted by atomic mass is 10.0. The molecule has 0 spiro atoms. The van der Waals surface area contributed by atoms with Crippen LogP contribution in [-0.4, -0.2) is 24.5 Å². The fourth-order valence-corrected chi connectivity index (χ4v) is 3.24. The second-order valence-electron chi connectivity index (χ2n) is 6.14. The Morgan fingerprint density at radius 3 is 2.72 bits per heavy atom. The molecule has 1 aliphatic heterocycles. The van der Waals surface area contributed by atoms with Crippen molar-refractivity contribution >= 4 is 0 Å². The van der Waals surface area contributed by atoms with Crippen LogP contribution >= 0.6 is 0 Å². The number of nitrogens with two attached hydrogens (primary N) is 1. The zero-order valence-corrected chi connectivity index (χ0v) is 11.4. The van der Waals surface area contributed by atoms with E-state index in [0.29, 0.717) is 5.92 Å². The smallest absolute Gasteiger partial charge is 0.122 e. The van der Waals surface area contributed by atoms with E-state index in [1.807, 2.05) is 0 Å². The maximum Gasteiger partial charge on any atom is 0.122 e. The van der Waals surface area contributed by atoms with Crippen LogP contribution in [0.2, 0.25) is 0 Å². The molecule has 0 aromatic carbocycles. The molecule has 1 aromatic heterocycles. The number of likely N-dealkylation sites (tertiary alicyclic amines) is 1. The summed E-state index contributed by atoms with van der Waals surface area (Å²) in [7, 11) is 2.16. The molecule has 3 heteroatoms. The van der Waals surface area contributed by atoms with E-state index >= 15 is 0 Å². The minimum Gasteiger partial charge on any atom is -0.464 e. The van der Waals surface area contributed by atoms with E-state index in [1.54, 1.807) is 0 Å². The van der Waals surface area contributed by atoms with Crippen molar-refractivity contribution in [2.24, 2.45) is 11.7 Å². The van der Waals surface area contributed by atoms with E-state index in [1.165, 1.54) is 25.0 Å². The first-order valence-corrected chi connectivity index (χ1v) is 7.22. The van der Waals surface area contributed by atoms with Gasteiger partial charge in [-0.25, -0.2) is 0 Å². The van der Waals surface area contributed by atoms with Gasteiger partial charge in [-0.05, 0) is 50.9 Å². The van der Waals surface area contributed by atoms with Gasteiger partial charge in [0.2, 0.25) is 0 Å². The summed E-state index contributed by atoms with van der Waals surface area (Å²) in [5.41, 5.74) is 6.33. The highest BCUT2D eigenvalue weighted by atomic mass is 16.3. The van der Waals surface area contributed by atoms with Gasteiger partial charge in [-0.3, -0.25) is 4.90 Å². The summed E-state index contributed by atoms with van der Waals surface area (Å²) in [6.45, 7) is 3.41. The molecule has 18 heavy (non-hydrogen) atoms. The molecule has 1 saturated heterocycles. The molecule has 1 aromatic rings. The second-order valence-corrected chi connectivity index (χ2v) is 6.14. The van der Waals surface area contributed by atoms with E-state index in [0.717, 1.165) is 24.6 Å². The van der Waals surface area contributed by atoms with Crippen LogP contribution in [0.3, 0.4) is 0 Å². The second kappa shape index (κ2) is 4.71. The molecule has 100 valence electrons. The number of rotatable bonds is 2. The van der Waals surface area contributed by atoms with E-state index in [2.05, 4.69) is 31.0 Å². The normalized spacial score (nSPS) is 37.5. The molecule has 1 aliphatic carbocycles. The Bertz CT molecular complexity index is 402. The van der Waals surface area contributed by atoms with E-state index in [4.69, 9.17) is 10.2 Å². The molecule has 2 N–H and O–H groups in total. The highest BCUT2D eigenvalue weighted by molar-refractivity contribution is 5.20. The van der Waals surface area contributed by atoms with Gasteiger partial charge in [0.05, 0.1) is 6.04 Å². The average molecular weight is 248 g/mol. The lowest BCUT2D eigenvalue weighted by Gasteiger charge is -2.28. The predicted octanol–water partition coefficient (Wildman–Crippen LogP) is 2.89. The lowest BCUT2D eigenvalue weighted by molar-refractivity contribution is 0.197. The Hall–Kier alpha value is -0.800. The van der Waals surface area contributed by atoms with Crippen molar-refractivity contribution in [1.29, 1.82) is 0 Å². The summed E-state index contributed by atoms with van der Waals surface area (Å²) in [5.74, 6) is 3.69. The van der Waals surface area contributed by atoms with Crippen molar-refractivity contribution in [3.63, 3.8) is 0 Å². The van der Waals surface area contributed by atoms with Crippen LogP contribution in [0.25, 0.3) is 0 Å². The Morgan fingerprint density at radius 2 is 2.00 bits per heavy atom. The molecule has 3 nitrogen and oxygen atoms in total. The minimum atomic E-state index is 0.202. The molecule has 0 amide bonds. The van der Waals surface area contributed by atoms with Gasteiger partial charge in [-0.15, -0.1) is 0 Å². The van der Waals surface area contributed by atoms with E-state index in [9.17, 15) is 0 Å². The van der Waals surface area contributed by atoms with Crippen LogP contribution in [0.4, 0.5) is 0 Å². The van der Waals surface area contributed by atoms with Crippen LogP contribution in [0.5, 0.6) is 0 Å². The molecule has 0 bridgehead atoms. The molecule has 2 aliphatic rings. The molecule has 1 saturated carbocycles. The van der Waals surface area contributed by atoms with Gasteiger partial charge in [0, 0.05) is 12.0 Å². The maximum absolute atomic E-state index is 6.33. The lowest BCUT2D eigenvalue weighted by Crippen LogP contribution is -2.37. The Morgan fingerprint density at radius 1 is 1.28 bits per heavy atom. The molecule has 3 rings (SSSR count). The monoisotopic (exact) mass is 248 g/mol. The first-order chi connectivity index (χ1) is 8.66. The summed E-state index contributed by atoms with van der Waals surface area (Å²) in [4.78, 5) is 2.36. The summed E-state index contributed by atoms with van der Waals surface area (Å²) in [6.07, 6.45) is 4.85. The summed E-state index contributed by atoms with van der Waals surface area (Å²) < 4.78 is 6.09. The fourth-order valence-electron chi connectivity index (χ4n) is 3.24. The molecule has 2 heterocycles. The quantitative estimate of drug-likeness (QED) is 0.875. The molecule has 4 unspecified atom stereocenters. The van der Waals surface area contributed by atoms with Gasteiger partial charge in [0.25, 0.3) is 0 Å². The molecule has 4 atom stereocenters. The van der Waals surface area contributed by atoms with Crippen molar-refractivity contribution in [2.45, 2.75) is 50.6 Å². The van der Waals surface area contributed by atoms with Crippen molar-refractivity contribution in [3.05, 3.63) is 23.7 Å². The Labute approximate surface area is 109 Å². The van der Waals surface area contributed by atoms with Crippen LogP contribution in [-0.2, 0) is 0 Å². The van der Waals surface area contributed by atoms with Crippen molar-refractivity contribution in [2.75, 3.05) is 13.6 Å². The zero-order valence-electron chi connectivity index (χ0n) is 11.4. The van der Waals surface area contributed by atoms with E-state index < -0.39 is 0 Å². The highest BCUT2D eigenvalue weighted by Crippen LogP contribution is 2.48. The van der Waals surface area contributed by atoms with Crippen LogP contribution in [0.15, 0.2) is 16.5 Å². The SMILES string of the molecule is CC1CC1c1ccc(C2C(N)CCCCN2C)o1. The largest absolute Gasteiger partial charge is 0.464 e. The fraction of sp³-hybridized carbons (Fsp3) is 0.733. The van der Waals surface area contributed by atoms with Crippen molar-refractivity contribution < 1.29 is 4.42 Å². The predicted molar refractivity (Wildman–Crippen MR) is 72.4 cm³/mol. The zero-order chi connectivity index (χ0) is 12.7. The first-order valence-electron chi connectivity index (χ1n) is 7.22. The van der Waals surface area contributed by atoms with Gasteiger partial charge in [-0.2, -0.15) is 0 Å². The van der Waals surface area contributed by atoms with Gasteiger partial charge in [0.1, 0.15) is 11.5 Å². The number of hydrogen-bond donors (Lipinski definition) is 1. The third-order valence-corrected chi connectivity index (χ3v) is 4.59. The molecular weight excluding hydrogens is 224 g/mol. The summed E-state index contributed by atoms with van der Waals surface area (Å²) in [6, 6.07) is 4.77. The van der Waals surface area contributed by atoms with Gasteiger partial charge in [-0.1, -0.05) is 13.3 Å². The third kappa shape index (κ3) is 2.21. The topological polar surface area (TPSA) is 42.4 Å². The Kier molecular flexibility index (Phi) is 3.20. The highest BCUT2D eigenvalue weighted by Gasteiger charge is 2.37. The minimum absolute atomic E-state index is 0.202. The standard InChI is InChI=1S/C15H24N2O/c1-10-9-11(10)13-6-7-14(18-13)15-12(16)5-3-4-8-17(15)2/h6-7,10-12,15H,3-5,8-9,16H2,1-2H3. The number of nitrogens with zero attached hydrogens (tertiary/aromatic N) is 1. The summed E-state index contributed by atoms with van der Waals surface area (Å²) >= 11 is 0. The van der Waals surface area contributed by atoms with Crippen LogP contribution in [0, 0.1) is 5.92 Å². The molecular formula is C15H24N2O. The molecule has 2 fully saturated rings.